The molecular formula is C21H26N8O3. The smallest absolute Gasteiger partial charge is 0.410 e. The molecule has 11 nitrogen and oxygen atoms in total. The molecule has 168 valence electrons. The lowest BCUT2D eigenvalue weighted by molar-refractivity contribution is 0.0198. The number of nitrogen functional groups attached to an aromatic ring is 1. The summed E-state index contributed by atoms with van der Waals surface area (Å²) in [6.45, 7) is 6.67. The van der Waals surface area contributed by atoms with E-state index in [-0.39, 0.29) is 35.6 Å². The van der Waals surface area contributed by atoms with Crippen LogP contribution < -0.4 is 11.1 Å². The number of piperidine rings is 1. The fourth-order valence-corrected chi connectivity index (χ4v) is 3.33. The second-order valence-corrected chi connectivity index (χ2v) is 8.53. The van der Waals surface area contributed by atoms with Crippen molar-refractivity contribution in [1.29, 1.82) is 0 Å². The average molecular weight is 438 g/mol. The number of nitrogens with zero attached hydrogens (tertiary/aromatic N) is 6. The first kappa shape index (κ1) is 21.5. The van der Waals surface area contributed by atoms with E-state index >= 15 is 0 Å². The van der Waals surface area contributed by atoms with Crippen LogP contribution in [0.4, 0.5) is 22.4 Å². The summed E-state index contributed by atoms with van der Waals surface area (Å²) in [6, 6.07) is 9.48. The molecule has 3 N–H and O–H groups in total. The monoisotopic (exact) mass is 438 g/mol. The third kappa shape index (κ3) is 5.29. The van der Waals surface area contributed by atoms with E-state index in [9.17, 15) is 4.79 Å². The Morgan fingerprint density at radius 1 is 1.09 bits per heavy atom. The third-order valence-electron chi connectivity index (χ3n) is 4.82. The van der Waals surface area contributed by atoms with Crippen LogP contribution in [0.1, 0.15) is 45.4 Å². The van der Waals surface area contributed by atoms with Crippen molar-refractivity contribution in [1.82, 2.24) is 30.0 Å². The number of nitrogens with two attached hydrogens (primary N) is 1. The minimum atomic E-state index is -0.518. The molecule has 0 radical (unpaired) electrons. The minimum absolute atomic E-state index is 0.0380. The van der Waals surface area contributed by atoms with Crippen molar-refractivity contribution >= 4 is 23.7 Å². The van der Waals surface area contributed by atoms with E-state index in [1.807, 2.05) is 51.1 Å². The average Bonchev–Trinajstić information content (AvgIpc) is 3.23. The molecule has 1 aromatic carbocycles. The van der Waals surface area contributed by atoms with Gasteiger partial charge in [-0.2, -0.15) is 19.9 Å². The summed E-state index contributed by atoms with van der Waals surface area (Å²) >= 11 is 0. The Morgan fingerprint density at radius 2 is 1.81 bits per heavy atom. The quantitative estimate of drug-likeness (QED) is 0.621. The molecular weight excluding hydrogens is 412 g/mol. The molecule has 11 heteroatoms. The van der Waals surface area contributed by atoms with Gasteiger partial charge < -0.3 is 25.2 Å². The zero-order valence-corrected chi connectivity index (χ0v) is 18.3. The Bertz CT molecular complexity index is 1070. The van der Waals surface area contributed by atoms with Crippen molar-refractivity contribution in [3.05, 3.63) is 36.2 Å². The van der Waals surface area contributed by atoms with Crippen molar-refractivity contribution in [3.8, 4) is 11.6 Å². The normalized spacial score (nSPS) is 14.9. The van der Waals surface area contributed by atoms with Gasteiger partial charge in [0.05, 0.1) is 0 Å². The standard InChI is InChI=1S/C21H26N8O3/c1-21(2,3)31-20(30)29-11-9-13(10-12-29)17-24-16(28-32-17)15-25-18(22)27-19(26-15)23-14-7-5-4-6-8-14/h4-8,13H,9-12H2,1-3H3,(H3,22,23,25,26,27). The van der Waals surface area contributed by atoms with Gasteiger partial charge in [-0.05, 0) is 45.7 Å². The number of anilines is 3. The third-order valence-corrected chi connectivity index (χ3v) is 4.82. The zero-order chi connectivity index (χ0) is 22.7. The number of carbonyl (C=O) groups excluding carboxylic acids is 1. The first-order valence-corrected chi connectivity index (χ1v) is 10.4. The van der Waals surface area contributed by atoms with Gasteiger partial charge in [-0.1, -0.05) is 23.4 Å². The molecule has 1 amide bonds. The molecule has 0 saturated carbocycles. The van der Waals surface area contributed by atoms with Gasteiger partial charge >= 0.3 is 6.09 Å². The van der Waals surface area contributed by atoms with E-state index < -0.39 is 5.60 Å². The number of rotatable bonds is 4. The summed E-state index contributed by atoms with van der Waals surface area (Å²) < 4.78 is 10.9. The largest absolute Gasteiger partial charge is 0.444 e. The summed E-state index contributed by atoms with van der Waals surface area (Å²) in [5.74, 6) is 1.31. The number of nitrogens with one attached hydrogen (secondary N) is 1. The van der Waals surface area contributed by atoms with E-state index in [2.05, 4.69) is 30.4 Å². The summed E-state index contributed by atoms with van der Waals surface area (Å²) in [5.41, 5.74) is 6.15. The second-order valence-electron chi connectivity index (χ2n) is 8.53. The number of amides is 1. The highest BCUT2D eigenvalue weighted by atomic mass is 16.6. The highest BCUT2D eigenvalue weighted by molar-refractivity contribution is 5.68. The number of carbonyl (C=O) groups is 1. The fraction of sp³-hybridized carbons (Fsp3) is 0.429. The summed E-state index contributed by atoms with van der Waals surface area (Å²) in [4.78, 5) is 31.0. The van der Waals surface area contributed by atoms with Gasteiger partial charge in [-0.15, -0.1) is 0 Å². The van der Waals surface area contributed by atoms with Crippen LogP contribution in [0.25, 0.3) is 11.6 Å². The number of ether oxygens (including phenoxy) is 1. The lowest BCUT2D eigenvalue weighted by atomic mass is 9.97. The summed E-state index contributed by atoms with van der Waals surface area (Å²) in [6.07, 6.45) is 1.09. The number of hydrogen-bond donors (Lipinski definition) is 2. The molecule has 1 aliphatic rings. The van der Waals surface area contributed by atoms with Crippen LogP contribution in [-0.4, -0.2) is 54.8 Å². The van der Waals surface area contributed by atoms with Gasteiger partial charge in [-0.25, -0.2) is 4.79 Å². The van der Waals surface area contributed by atoms with Gasteiger partial charge in [0.25, 0.3) is 0 Å². The maximum atomic E-state index is 12.3. The van der Waals surface area contributed by atoms with Crippen molar-refractivity contribution < 1.29 is 14.1 Å². The van der Waals surface area contributed by atoms with Crippen LogP contribution in [0.15, 0.2) is 34.9 Å². The summed E-state index contributed by atoms with van der Waals surface area (Å²) in [7, 11) is 0. The molecule has 1 saturated heterocycles. The Balaban J connectivity index is 1.43. The fourth-order valence-electron chi connectivity index (χ4n) is 3.33. The molecule has 0 atom stereocenters. The minimum Gasteiger partial charge on any atom is -0.444 e. The number of para-hydroxylation sites is 1. The van der Waals surface area contributed by atoms with Crippen LogP contribution >= 0.6 is 0 Å². The highest BCUT2D eigenvalue weighted by Crippen LogP contribution is 2.29. The maximum Gasteiger partial charge on any atom is 0.410 e. The van der Waals surface area contributed by atoms with Crippen LogP contribution in [-0.2, 0) is 4.74 Å². The molecule has 32 heavy (non-hydrogen) atoms. The second kappa shape index (κ2) is 8.77. The van der Waals surface area contributed by atoms with Gasteiger partial charge in [0.2, 0.25) is 29.4 Å². The lowest BCUT2D eigenvalue weighted by Crippen LogP contribution is -2.41. The van der Waals surface area contributed by atoms with E-state index in [0.29, 0.717) is 31.8 Å². The van der Waals surface area contributed by atoms with Crippen LogP contribution in [0.2, 0.25) is 0 Å². The molecule has 1 aliphatic heterocycles. The topological polar surface area (TPSA) is 145 Å². The van der Waals surface area contributed by atoms with Gasteiger partial charge in [0.1, 0.15) is 5.60 Å². The van der Waals surface area contributed by atoms with Gasteiger partial charge in [0.15, 0.2) is 0 Å². The Kier molecular flexibility index (Phi) is 5.89. The van der Waals surface area contributed by atoms with Crippen molar-refractivity contribution in [2.75, 3.05) is 24.1 Å². The molecule has 1 fully saturated rings. The first-order valence-electron chi connectivity index (χ1n) is 10.4. The first-order chi connectivity index (χ1) is 15.3. The molecule has 3 heterocycles. The van der Waals surface area contributed by atoms with Crippen molar-refractivity contribution in [2.45, 2.75) is 45.1 Å². The number of aromatic nitrogens is 5. The highest BCUT2D eigenvalue weighted by Gasteiger charge is 2.30. The molecule has 3 aromatic rings. The lowest BCUT2D eigenvalue weighted by Gasteiger charge is -2.32. The van der Waals surface area contributed by atoms with Crippen LogP contribution in [0, 0.1) is 0 Å². The van der Waals surface area contributed by atoms with E-state index in [4.69, 9.17) is 15.0 Å². The number of hydrogen-bond acceptors (Lipinski definition) is 10. The Morgan fingerprint density at radius 3 is 2.50 bits per heavy atom. The zero-order valence-electron chi connectivity index (χ0n) is 18.3. The van der Waals surface area contributed by atoms with E-state index in [1.165, 1.54) is 0 Å². The summed E-state index contributed by atoms with van der Waals surface area (Å²) in [5, 5.41) is 7.10. The Labute approximate surface area is 185 Å². The van der Waals surface area contributed by atoms with Gasteiger partial charge in [0, 0.05) is 24.7 Å². The predicted octanol–water partition coefficient (Wildman–Crippen LogP) is 3.36. The number of benzene rings is 1. The molecule has 4 rings (SSSR count). The van der Waals surface area contributed by atoms with Crippen LogP contribution in [0.5, 0.6) is 0 Å². The number of likely N-dealkylation sites (tertiary alicyclic amines) is 1. The Hall–Kier alpha value is -3.76. The van der Waals surface area contributed by atoms with Gasteiger partial charge in [-0.3, -0.25) is 0 Å². The SMILES string of the molecule is CC(C)(C)OC(=O)N1CCC(c2nc(-c3nc(N)nc(Nc4ccccc4)n3)no2)CC1. The van der Waals surface area contributed by atoms with E-state index in [1.54, 1.807) is 4.90 Å². The molecule has 0 spiro atoms. The van der Waals surface area contributed by atoms with Crippen molar-refractivity contribution in [2.24, 2.45) is 0 Å². The van der Waals surface area contributed by atoms with E-state index in [0.717, 1.165) is 5.69 Å². The maximum absolute atomic E-state index is 12.3. The van der Waals surface area contributed by atoms with Crippen molar-refractivity contribution in [3.63, 3.8) is 0 Å². The molecule has 2 aromatic heterocycles. The van der Waals surface area contributed by atoms with Crippen LogP contribution in [0.3, 0.4) is 0 Å². The molecule has 0 aliphatic carbocycles. The molecule has 0 bridgehead atoms. The molecule has 0 unspecified atom stereocenters. The predicted molar refractivity (Wildman–Crippen MR) is 117 cm³/mol.